The van der Waals surface area contributed by atoms with Gasteiger partial charge in [-0.2, -0.15) is 4.98 Å². The lowest BCUT2D eigenvalue weighted by molar-refractivity contribution is 0.475. The van der Waals surface area contributed by atoms with Crippen LogP contribution in [0.5, 0.6) is 5.75 Å². The summed E-state index contributed by atoms with van der Waals surface area (Å²) in [5, 5.41) is 15.6. The Balaban J connectivity index is 1.83. The van der Waals surface area contributed by atoms with Crippen molar-refractivity contribution in [3.63, 3.8) is 0 Å². The summed E-state index contributed by atoms with van der Waals surface area (Å²) in [4.78, 5) is 8.67. The molecule has 0 saturated carbocycles. The maximum atomic E-state index is 9.32. The molecular formula is C18H13BrN4O. The molecule has 0 unspecified atom stereocenters. The molecule has 3 aromatic rings. The molecule has 0 fully saturated rings. The molecule has 1 aromatic heterocycles. The summed E-state index contributed by atoms with van der Waals surface area (Å²) in [6.07, 6.45) is 7.08. The van der Waals surface area contributed by atoms with E-state index in [0.29, 0.717) is 11.8 Å². The normalized spacial score (nSPS) is 10.0. The van der Waals surface area contributed by atoms with E-state index < -0.39 is 0 Å². The summed E-state index contributed by atoms with van der Waals surface area (Å²) in [6, 6.07) is 14.2. The zero-order valence-corrected chi connectivity index (χ0v) is 14.1. The van der Waals surface area contributed by atoms with E-state index in [-0.39, 0.29) is 5.75 Å². The van der Waals surface area contributed by atoms with Gasteiger partial charge in [0.05, 0.1) is 4.47 Å². The van der Waals surface area contributed by atoms with Gasteiger partial charge >= 0.3 is 0 Å². The molecule has 0 aliphatic carbocycles. The van der Waals surface area contributed by atoms with E-state index in [9.17, 15) is 5.11 Å². The van der Waals surface area contributed by atoms with Crippen LogP contribution in [0.15, 0.2) is 59.2 Å². The molecule has 0 saturated heterocycles. The highest BCUT2D eigenvalue weighted by atomic mass is 79.9. The first-order chi connectivity index (χ1) is 11.6. The third kappa shape index (κ3) is 3.83. The van der Waals surface area contributed by atoms with E-state index in [0.717, 1.165) is 21.4 Å². The first-order valence-corrected chi connectivity index (χ1v) is 7.85. The summed E-state index contributed by atoms with van der Waals surface area (Å²) in [6.45, 7) is 0. The maximum Gasteiger partial charge on any atom is 0.229 e. The number of terminal acetylenes is 1. The molecule has 2 aromatic carbocycles. The van der Waals surface area contributed by atoms with Crippen LogP contribution in [-0.4, -0.2) is 15.1 Å². The number of benzene rings is 2. The van der Waals surface area contributed by atoms with Crippen LogP contribution in [0.3, 0.4) is 0 Å². The zero-order chi connectivity index (χ0) is 16.9. The summed E-state index contributed by atoms with van der Waals surface area (Å²) in [5.41, 5.74) is 2.39. The number of phenols is 1. The van der Waals surface area contributed by atoms with E-state index in [2.05, 4.69) is 42.5 Å². The summed E-state index contributed by atoms with van der Waals surface area (Å²) in [7, 11) is 0. The minimum Gasteiger partial charge on any atom is -0.508 e. The van der Waals surface area contributed by atoms with Crippen LogP contribution < -0.4 is 10.6 Å². The second kappa shape index (κ2) is 7.02. The Bertz CT molecular complexity index is 904. The van der Waals surface area contributed by atoms with Crippen LogP contribution >= 0.6 is 15.9 Å². The van der Waals surface area contributed by atoms with Gasteiger partial charge in [-0.15, -0.1) is 6.42 Å². The fourth-order valence-corrected chi connectivity index (χ4v) is 2.30. The van der Waals surface area contributed by atoms with Crippen LogP contribution in [-0.2, 0) is 0 Å². The molecule has 0 aliphatic heterocycles. The van der Waals surface area contributed by atoms with Crippen molar-refractivity contribution in [2.24, 2.45) is 0 Å². The van der Waals surface area contributed by atoms with Gasteiger partial charge in [-0.1, -0.05) is 12.0 Å². The van der Waals surface area contributed by atoms with Crippen molar-refractivity contribution in [1.29, 1.82) is 0 Å². The average molecular weight is 381 g/mol. The molecule has 6 heteroatoms. The number of aromatic hydroxyl groups is 1. The van der Waals surface area contributed by atoms with Gasteiger partial charge in [0.15, 0.2) is 0 Å². The summed E-state index contributed by atoms with van der Waals surface area (Å²) in [5.74, 6) is 3.84. The molecule has 118 valence electrons. The van der Waals surface area contributed by atoms with Gasteiger partial charge in [0.2, 0.25) is 5.95 Å². The minimum absolute atomic E-state index is 0.202. The molecule has 24 heavy (non-hydrogen) atoms. The smallest absolute Gasteiger partial charge is 0.229 e. The maximum absolute atomic E-state index is 9.32. The van der Waals surface area contributed by atoms with Crippen molar-refractivity contribution >= 4 is 39.1 Å². The monoisotopic (exact) mass is 380 g/mol. The van der Waals surface area contributed by atoms with E-state index in [1.807, 2.05) is 24.3 Å². The molecule has 0 radical (unpaired) electrons. The zero-order valence-electron chi connectivity index (χ0n) is 12.5. The van der Waals surface area contributed by atoms with Crippen molar-refractivity contribution in [2.75, 3.05) is 10.6 Å². The van der Waals surface area contributed by atoms with Crippen LogP contribution in [0, 0.1) is 12.3 Å². The molecule has 0 bridgehead atoms. The fraction of sp³-hybridized carbons (Fsp3) is 0. The highest BCUT2D eigenvalue weighted by Gasteiger charge is 2.06. The number of aromatic nitrogens is 2. The standard InChI is InChI=1S/C18H13BrN4O/c1-2-12-4-3-5-14(10-12)21-17-16(19)11-20-18(23-17)22-13-6-8-15(24)9-7-13/h1,3-11,24H,(H2,20,21,22,23). The number of anilines is 4. The van der Waals surface area contributed by atoms with Crippen LogP contribution in [0.25, 0.3) is 0 Å². The van der Waals surface area contributed by atoms with E-state index in [1.165, 1.54) is 0 Å². The predicted octanol–water partition coefficient (Wildman–Crippen LogP) is 4.41. The summed E-state index contributed by atoms with van der Waals surface area (Å²) < 4.78 is 0.727. The van der Waals surface area contributed by atoms with Crippen LogP contribution in [0.1, 0.15) is 5.56 Å². The van der Waals surface area contributed by atoms with Crippen LogP contribution in [0.4, 0.5) is 23.1 Å². The second-order valence-corrected chi connectivity index (χ2v) is 5.77. The van der Waals surface area contributed by atoms with Gasteiger partial charge in [0.25, 0.3) is 0 Å². The van der Waals surface area contributed by atoms with Gasteiger partial charge in [0.1, 0.15) is 11.6 Å². The average Bonchev–Trinajstić information content (AvgIpc) is 2.60. The summed E-state index contributed by atoms with van der Waals surface area (Å²) >= 11 is 3.43. The molecule has 0 atom stereocenters. The molecule has 1 heterocycles. The van der Waals surface area contributed by atoms with Gasteiger partial charge in [-0.05, 0) is 58.4 Å². The minimum atomic E-state index is 0.202. The topological polar surface area (TPSA) is 70.1 Å². The number of nitrogens with one attached hydrogen (secondary N) is 2. The molecule has 0 amide bonds. The third-order valence-corrected chi connectivity index (χ3v) is 3.74. The number of rotatable bonds is 4. The van der Waals surface area contributed by atoms with Gasteiger partial charge in [-0.3, -0.25) is 0 Å². The number of phenolic OH excluding ortho intramolecular Hbond substituents is 1. The first kappa shape index (κ1) is 15.8. The van der Waals surface area contributed by atoms with Crippen molar-refractivity contribution < 1.29 is 5.11 Å². The Hall–Kier alpha value is -3.04. The lowest BCUT2D eigenvalue weighted by Gasteiger charge is -2.10. The fourth-order valence-electron chi connectivity index (χ4n) is 2.01. The lowest BCUT2D eigenvalue weighted by atomic mass is 10.2. The molecule has 0 aliphatic rings. The quantitative estimate of drug-likeness (QED) is 0.461. The highest BCUT2D eigenvalue weighted by molar-refractivity contribution is 9.10. The molecule has 0 spiro atoms. The van der Waals surface area contributed by atoms with Crippen LogP contribution in [0.2, 0.25) is 0 Å². The largest absolute Gasteiger partial charge is 0.508 e. The number of nitrogens with zero attached hydrogens (tertiary/aromatic N) is 2. The molecular weight excluding hydrogens is 368 g/mol. The van der Waals surface area contributed by atoms with E-state index in [4.69, 9.17) is 6.42 Å². The number of hydrogen-bond donors (Lipinski definition) is 3. The predicted molar refractivity (Wildman–Crippen MR) is 98.8 cm³/mol. The van der Waals surface area contributed by atoms with Gasteiger partial charge < -0.3 is 15.7 Å². The highest BCUT2D eigenvalue weighted by Crippen LogP contribution is 2.26. The molecule has 3 N–H and O–H groups in total. The number of halogens is 1. The second-order valence-electron chi connectivity index (χ2n) is 4.91. The van der Waals surface area contributed by atoms with Crippen molar-refractivity contribution in [3.05, 3.63) is 64.8 Å². The Kier molecular flexibility index (Phi) is 4.64. The SMILES string of the molecule is C#Cc1cccc(Nc2nc(Nc3ccc(O)cc3)ncc2Br)c1. The van der Waals surface area contributed by atoms with Crippen molar-refractivity contribution in [2.45, 2.75) is 0 Å². The van der Waals surface area contributed by atoms with Gasteiger partial charge in [-0.25, -0.2) is 4.98 Å². The Morgan fingerprint density at radius 3 is 2.58 bits per heavy atom. The van der Waals surface area contributed by atoms with Crippen molar-refractivity contribution in [1.82, 2.24) is 9.97 Å². The number of hydrogen-bond acceptors (Lipinski definition) is 5. The Labute approximate surface area is 147 Å². The Morgan fingerprint density at radius 2 is 1.83 bits per heavy atom. The lowest BCUT2D eigenvalue weighted by Crippen LogP contribution is -2.01. The van der Waals surface area contributed by atoms with Crippen molar-refractivity contribution in [3.8, 4) is 18.1 Å². The first-order valence-electron chi connectivity index (χ1n) is 7.06. The van der Waals surface area contributed by atoms with E-state index >= 15 is 0 Å². The van der Waals surface area contributed by atoms with E-state index in [1.54, 1.807) is 30.5 Å². The molecule has 5 nitrogen and oxygen atoms in total. The van der Waals surface area contributed by atoms with Gasteiger partial charge in [0, 0.05) is 23.1 Å². The molecule has 3 rings (SSSR count). The third-order valence-electron chi connectivity index (χ3n) is 3.16. The Morgan fingerprint density at radius 1 is 1.04 bits per heavy atom.